The molecule has 12 nitrogen and oxygen atoms in total. The third-order valence-corrected chi connectivity index (χ3v) is 7.40. The van der Waals surface area contributed by atoms with Crippen molar-refractivity contribution in [3.8, 4) is 5.75 Å². The number of hydrogen-bond acceptors (Lipinski definition) is 9. The van der Waals surface area contributed by atoms with Crippen LogP contribution in [-0.2, 0) is 22.6 Å². The van der Waals surface area contributed by atoms with Crippen LogP contribution < -0.4 is 11.1 Å². The Morgan fingerprint density at radius 2 is 2.11 bits per heavy atom. The Hall–Kier alpha value is -3.97. The number of nitrogens with zero attached hydrogens (tertiary/aromatic N) is 6. The zero-order valence-electron chi connectivity index (χ0n) is 19.8. The van der Waals surface area contributed by atoms with Crippen molar-refractivity contribution in [3.63, 3.8) is 0 Å². The Labute approximate surface area is 210 Å². The number of para-hydroxylation sites is 1. The summed E-state index contributed by atoms with van der Waals surface area (Å²) in [5.74, 6) is -0.458. The number of rotatable bonds is 5. The first-order valence-electron chi connectivity index (χ1n) is 11.4. The first-order valence-corrected chi connectivity index (χ1v) is 12.2. The zero-order valence-corrected chi connectivity index (χ0v) is 20.6. The second kappa shape index (κ2) is 9.24. The number of carbonyl (C=O) groups excluding carboxylic acids is 3. The van der Waals surface area contributed by atoms with Crippen LogP contribution in [0.3, 0.4) is 0 Å². The van der Waals surface area contributed by atoms with Crippen LogP contribution in [0.1, 0.15) is 11.3 Å². The number of hydrazine groups is 1. The average Bonchev–Trinajstić information content (AvgIpc) is 3.41. The van der Waals surface area contributed by atoms with Gasteiger partial charge in [0, 0.05) is 32.8 Å². The van der Waals surface area contributed by atoms with Gasteiger partial charge in [-0.2, -0.15) is 5.01 Å². The standard InChI is InChI=1S/C23H26N8O4S/c1-25-23(35)28(2)30-12-19(33)31-16(8-14-6-7-15(32)9-26-14)21(34)29(11-18(30)31)10-13-4-3-5-17-20(13)27-22(24)36-17/h3-7,9,16,18,32H,8,10-12H2,1-2H3,(H2,24,27)(H,25,35)/t16-,18+/m0/s1. The van der Waals surface area contributed by atoms with Gasteiger partial charge in [-0.05, 0) is 23.8 Å². The van der Waals surface area contributed by atoms with E-state index in [-0.39, 0.29) is 49.7 Å². The third-order valence-electron chi connectivity index (χ3n) is 6.55. The smallest absolute Gasteiger partial charge is 0.331 e. The van der Waals surface area contributed by atoms with E-state index in [0.29, 0.717) is 10.8 Å². The van der Waals surface area contributed by atoms with Crippen molar-refractivity contribution in [2.75, 3.05) is 32.9 Å². The van der Waals surface area contributed by atoms with E-state index in [1.807, 2.05) is 18.2 Å². The van der Waals surface area contributed by atoms with E-state index in [2.05, 4.69) is 15.3 Å². The quantitative estimate of drug-likeness (QED) is 0.452. The Kier molecular flexibility index (Phi) is 6.10. The van der Waals surface area contributed by atoms with Gasteiger partial charge < -0.3 is 26.0 Å². The minimum absolute atomic E-state index is 0.0134. The van der Waals surface area contributed by atoms with Crippen molar-refractivity contribution in [1.82, 2.24) is 35.1 Å². The van der Waals surface area contributed by atoms with E-state index in [1.54, 1.807) is 27.9 Å². The first kappa shape index (κ1) is 23.8. The van der Waals surface area contributed by atoms with Gasteiger partial charge in [0.1, 0.15) is 18.0 Å². The zero-order chi connectivity index (χ0) is 25.6. The highest BCUT2D eigenvalue weighted by atomic mass is 32.1. The number of aromatic nitrogens is 2. The SMILES string of the molecule is CNC(=O)N(C)N1CC(=O)N2[C@@H](Cc3ccc(O)cn3)C(=O)N(Cc3cccc4sc(N)nc34)C[C@@H]21. The summed E-state index contributed by atoms with van der Waals surface area (Å²) in [6.07, 6.45) is 0.936. The molecule has 188 valence electrons. The van der Waals surface area contributed by atoms with E-state index >= 15 is 0 Å². The maximum absolute atomic E-state index is 13.8. The molecule has 36 heavy (non-hydrogen) atoms. The lowest BCUT2D eigenvalue weighted by atomic mass is 10.0. The van der Waals surface area contributed by atoms with Crippen LogP contribution >= 0.6 is 11.3 Å². The number of nitrogens with one attached hydrogen (secondary N) is 1. The second-order valence-electron chi connectivity index (χ2n) is 8.72. The van der Waals surface area contributed by atoms with Crippen molar-refractivity contribution in [2.45, 2.75) is 25.2 Å². The van der Waals surface area contributed by atoms with Gasteiger partial charge >= 0.3 is 6.03 Å². The number of aromatic hydroxyl groups is 1. The monoisotopic (exact) mass is 510 g/mol. The highest BCUT2D eigenvalue weighted by Crippen LogP contribution is 2.32. The van der Waals surface area contributed by atoms with Gasteiger partial charge in [0.05, 0.1) is 29.5 Å². The Morgan fingerprint density at radius 3 is 2.83 bits per heavy atom. The molecule has 2 aliphatic heterocycles. The fourth-order valence-electron chi connectivity index (χ4n) is 4.82. The van der Waals surface area contributed by atoms with Crippen molar-refractivity contribution in [3.05, 3.63) is 47.8 Å². The highest BCUT2D eigenvalue weighted by molar-refractivity contribution is 7.22. The molecule has 0 saturated carbocycles. The molecule has 2 aliphatic rings. The largest absolute Gasteiger partial charge is 0.506 e. The van der Waals surface area contributed by atoms with Crippen molar-refractivity contribution >= 4 is 44.5 Å². The molecule has 0 aliphatic carbocycles. The fourth-order valence-corrected chi connectivity index (χ4v) is 5.60. The molecule has 13 heteroatoms. The molecule has 4 heterocycles. The molecule has 0 bridgehead atoms. The van der Waals surface area contributed by atoms with Crippen LogP contribution in [0.4, 0.5) is 9.93 Å². The van der Waals surface area contributed by atoms with Gasteiger partial charge in [-0.3, -0.25) is 19.6 Å². The molecule has 1 aromatic carbocycles. The normalized spacial score (nSPS) is 20.2. The number of pyridine rings is 1. The molecule has 2 aromatic heterocycles. The van der Waals surface area contributed by atoms with Gasteiger partial charge in [0.25, 0.3) is 0 Å². The van der Waals surface area contributed by atoms with Gasteiger partial charge in [0.15, 0.2) is 5.13 Å². The first-order chi connectivity index (χ1) is 17.3. The van der Waals surface area contributed by atoms with E-state index in [9.17, 15) is 19.5 Å². The molecule has 0 spiro atoms. The number of nitrogens with two attached hydrogens (primary N) is 1. The van der Waals surface area contributed by atoms with Gasteiger partial charge in [-0.15, -0.1) is 0 Å². The van der Waals surface area contributed by atoms with E-state index in [0.717, 1.165) is 15.8 Å². The van der Waals surface area contributed by atoms with Crippen molar-refractivity contribution in [1.29, 1.82) is 0 Å². The lowest BCUT2D eigenvalue weighted by molar-refractivity contribution is -0.157. The van der Waals surface area contributed by atoms with Crippen LogP contribution in [0.5, 0.6) is 5.75 Å². The summed E-state index contributed by atoms with van der Waals surface area (Å²) < 4.78 is 0.929. The fraction of sp³-hybridized carbons (Fsp3) is 0.348. The molecule has 4 N–H and O–H groups in total. The van der Waals surface area contributed by atoms with E-state index < -0.39 is 12.2 Å². The topological polar surface area (TPSA) is 148 Å². The minimum Gasteiger partial charge on any atom is -0.506 e. The number of hydrogen-bond donors (Lipinski definition) is 3. The number of fused-ring (bicyclic) bond motifs is 2. The Morgan fingerprint density at radius 1 is 1.31 bits per heavy atom. The second-order valence-corrected chi connectivity index (χ2v) is 9.78. The van der Waals surface area contributed by atoms with Crippen molar-refractivity contribution < 1.29 is 19.5 Å². The summed E-state index contributed by atoms with van der Waals surface area (Å²) in [6, 6.07) is 7.68. The number of urea groups is 1. The number of anilines is 1. The maximum atomic E-state index is 13.8. The van der Waals surface area contributed by atoms with E-state index in [1.165, 1.54) is 35.7 Å². The molecule has 5 rings (SSSR count). The number of carbonyl (C=O) groups is 3. The van der Waals surface area contributed by atoms with Gasteiger partial charge in [-0.25, -0.2) is 9.78 Å². The number of benzene rings is 1. The van der Waals surface area contributed by atoms with Crippen LogP contribution in [-0.4, -0.2) is 92.1 Å². The summed E-state index contributed by atoms with van der Waals surface area (Å²) in [5.41, 5.74) is 8.08. The molecule has 2 saturated heterocycles. The molecule has 0 unspecified atom stereocenters. The van der Waals surface area contributed by atoms with E-state index in [4.69, 9.17) is 5.73 Å². The molecule has 2 fully saturated rings. The summed E-state index contributed by atoms with van der Waals surface area (Å²) >= 11 is 1.38. The molecule has 4 amide bonds. The van der Waals surface area contributed by atoms with Crippen LogP contribution in [0.25, 0.3) is 10.2 Å². The maximum Gasteiger partial charge on any atom is 0.331 e. The van der Waals surface area contributed by atoms with Crippen molar-refractivity contribution in [2.24, 2.45) is 0 Å². The predicted octanol–water partition coefficient (Wildman–Crippen LogP) is 0.589. The number of nitrogen functional groups attached to an aromatic ring is 1. The van der Waals surface area contributed by atoms with Crippen LogP contribution in [0.2, 0.25) is 0 Å². The number of thiazole rings is 1. The average molecular weight is 511 g/mol. The van der Waals surface area contributed by atoms with Gasteiger partial charge in [-0.1, -0.05) is 23.5 Å². The Bertz CT molecular complexity index is 1330. The van der Waals surface area contributed by atoms with Crippen LogP contribution in [0, 0.1) is 0 Å². The van der Waals surface area contributed by atoms with Gasteiger partial charge in [0.2, 0.25) is 11.8 Å². The lowest BCUT2D eigenvalue weighted by Crippen LogP contribution is -2.65. The highest BCUT2D eigenvalue weighted by Gasteiger charge is 2.51. The third kappa shape index (κ3) is 4.16. The summed E-state index contributed by atoms with van der Waals surface area (Å²) in [5, 5.41) is 15.7. The summed E-state index contributed by atoms with van der Waals surface area (Å²) in [4.78, 5) is 51.2. The number of amides is 4. The summed E-state index contributed by atoms with van der Waals surface area (Å²) in [7, 11) is 3.11. The molecular weight excluding hydrogens is 484 g/mol. The molecule has 2 atom stereocenters. The molecular formula is C23H26N8O4S. The van der Waals surface area contributed by atoms with Crippen LogP contribution in [0.15, 0.2) is 36.5 Å². The number of piperazine rings is 1. The predicted molar refractivity (Wildman–Crippen MR) is 132 cm³/mol. The lowest BCUT2D eigenvalue weighted by Gasteiger charge is -2.45. The molecule has 0 radical (unpaired) electrons. The minimum atomic E-state index is -0.823. The Balaban J connectivity index is 1.50. The summed E-state index contributed by atoms with van der Waals surface area (Å²) in [6.45, 7) is 0.448. The molecule has 3 aromatic rings.